The molecule has 0 N–H and O–H groups in total. The number of nitrogens with zero attached hydrogens (tertiary/aromatic N) is 3. The molecule has 3 rings (SSSR count). The minimum atomic E-state index is 0.677. The molecule has 0 aliphatic carbocycles. The maximum Gasteiger partial charge on any atom is 0.118 e. The molecule has 0 fully saturated rings. The fourth-order valence-corrected chi connectivity index (χ4v) is 2.64. The second-order valence-electron chi connectivity index (χ2n) is 5.04. The van der Waals surface area contributed by atoms with E-state index in [1.165, 1.54) is 0 Å². The molecule has 0 aliphatic heterocycles. The van der Waals surface area contributed by atoms with Crippen LogP contribution in [-0.4, -0.2) is 22.1 Å². The highest BCUT2D eigenvalue weighted by molar-refractivity contribution is 9.10. The molecule has 1 heterocycles. The van der Waals surface area contributed by atoms with E-state index in [-0.39, 0.29) is 0 Å². The molecule has 22 heavy (non-hydrogen) atoms. The van der Waals surface area contributed by atoms with Crippen molar-refractivity contribution in [1.82, 2.24) is 15.0 Å². The summed E-state index contributed by atoms with van der Waals surface area (Å²) >= 11 is 3.46. The topological polar surface area (TPSA) is 39.9 Å². The summed E-state index contributed by atoms with van der Waals surface area (Å²) in [7, 11) is 1.67. The Morgan fingerprint density at radius 2 is 1.73 bits per heavy atom. The average molecular weight is 358 g/mol. The van der Waals surface area contributed by atoms with Gasteiger partial charge in [0.05, 0.1) is 25.0 Å². The van der Waals surface area contributed by atoms with Gasteiger partial charge in [-0.3, -0.25) is 0 Å². The molecule has 112 valence electrons. The quantitative estimate of drug-likeness (QED) is 0.706. The molecule has 0 spiro atoms. The standard InChI is InChI=1S/C17H16BrN3O/c1-12-17(14-5-7-15(18)8-6-14)21(20-19-12)11-13-3-9-16(22-2)10-4-13/h3-10H,11H2,1-2H3. The van der Waals surface area contributed by atoms with Gasteiger partial charge in [-0.05, 0) is 36.8 Å². The van der Waals surface area contributed by atoms with E-state index in [9.17, 15) is 0 Å². The molecule has 3 aromatic rings. The van der Waals surface area contributed by atoms with Crippen molar-refractivity contribution in [3.8, 4) is 17.0 Å². The molecule has 2 aromatic carbocycles. The van der Waals surface area contributed by atoms with Crippen molar-refractivity contribution in [2.75, 3.05) is 7.11 Å². The molecule has 5 heteroatoms. The third-order valence-corrected chi connectivity index (χ3v) is 4.04. The number of benzene rings is 2. The molecular formula is C17H16BrN3O. The number of rotatable bonds is 4. The zero-order valence-electron chi connectivity index (χ0n) is 12.5. The Hall–Kier alpha value is -2.14. The Bertz CT molecular complexity index is 764. The Labute approximate surface area is 137 Å². The van der Waals surface area contributed by atoms with Gasteiger partial charge in [0.25, 0.3) is 0 Å². The average Bonchev–Trinajstić information content (AvgIpc) is 2.90. The van der Waals surface area contributed by atoms with Crippen LogP contribution in [-0.2, 0) is 6.54 Å². The minimum absolute atomic E-state index is 0.677. The van der Waals surface area contributed by atoms with Crippen LogP contribution < -0.4 is 4.74 Å². The highest BCUT2D eigenvalue weighted by Gasteiger charge is 2.12. The molecule has 0 saturated heterocycles. The molecule has 0 aliphatic rings. The predicted molar refractivity (Wildman–Crippen MR) is 90.0 cm³/mol. The Morgan fingerprint density at radius 3 is 2.36 bits per heavy atom. The maximum atomic E-state index is 5.19. The van der Waals surface area contributed by atoms with Crippen molar-refractivity contribution < 1.29 is 4.74 Å². The van der Waals surface area contributed by atoms with Crippen LogP contribution in [0.5, 0.6) is 5.75 Å². The number of hydrogen-bond acceptors (Lipinski definition) is 3. The molecule has 1 aromatic heterocycles. The fraction of sp³-hybridized carbons (Fsp3) is 0.176. The van der Waals surface area contributed by atoms with E-state index in [0.717, 1.165) is 32.7 Å². The van der Waals surface area contributed by atoms with Gasteiger partial charge < -0.3 is 4.74 Å². The molecular weight excluding hydrogens is 342 g/mol. The van der Waals surface area contributed by atoms with E-state index in [2.05, 4.69) is 38.4 Å². The summed E-state index contributed by atoms with van der Waals surface area (Å²) in [5.41, 5.74) is 4.24. The van der Waals surface area contributed by atoms with E-state index < -0.39 is 0 Å². The zero-order chi connectivity index (χ0) is 15.5. The highest BCUT2D eigenvalue weighted by Crippen LogP contribution is 2.24. The van der Waals surface area contributed by atoms with Gasteiger partial charge in [-0.25, -0.2) is 4.68 Å². The Morgan fingerprint density at radius 1 is 1.05 bits per heavy atom. The Kier molecular flexibility index (Phi) is 4.24. The van der Waals surface area contributed by atoms with E-state index in [1.807, 2.05) is 48.0 Å². The van der Waals surface area contributed by atoms with E-state index >= 15 is 0 Å². The number of aryl methyl sites for hydroxylation is 1. The number of ether oxygens (including phenoxy) is 1. The van der Waals surface area contributed by atoms with Gasteiger partial charge >= 0.3 is 0 Å². The van der Waals surface area contributed by atoms with Crippen LogP contribution >= 0.6 is 15.9 Å². The van der Waals surface area contributed by atoms with Gasteiger partial charge in [-0.1, -0.05) is 45.4 Å². The molecule has 0 unspecified atom stereocenters. The largest absolute Gasteiger partial charge is 0.497 e. The third kappa shape index (κ3) is 3.04. The van der Waals surface area contributed by atoms with Crippen molar-refractivity contribution in [3.63, 3.8) is 0 Å². The van der Waals surface area contributed by atoms with Crippen molar-refractivity contribution in [1.29, 1.82) is 0 Å². The first-order chi connectivity index (χ1) is 10.7. The van der Waals surface area contributed by atoms with Crippen molar-refractivity contribution in [3.05, 3.63) is 64.3 Å². The lowest BCUT2D eigenvalue weighted by atomic mass is 10.1. The first-order valence-electron chi connectivity index (χ1n) is 6.96. The first kappa shape index (κ1) is 14.8. The number of halogens is 1. The summed E-state index contributed by atoms with van der Waals surface area (Å²) in [6.07, 6.45) is 0. The molecule has 4 nitrogen and oxygen atoms in total. The summed E-state index contributed by atoms with van der Waals surface area (Å²) < 4.78 is 8.18. The van der Waals surface area contributed by atoms with Crippen LogP contribution in [0.3, 0.4) is 0 Å². The lowest BCUT2D eigenvalue weighted by molar-refractivity contribution is 0.414. The number of aromatic nitrogens is 3. The van der Waals surface area contributed by atoms with Crippen LogP contribution in [0.15, 0.2) is 53.0 Å². The van der Waals surface area contributed by atoms with Crippen molar-refractivity contribution in [2.24, 2.45) is 0 Å². The molecule has 0 atom stereocenters. The predicted octanol–water partition coefficient (Wildman–Crippen LogP) is 4.07. The van der Waals surface area contributed by atoms with Gasteiger partial charge in [0.2, 0.25) is 0 Å². The number of hydrogen-bond donors (Lipinski definition) is 0. The summed E-state index contributed by atoms with van der Waals surface area (Å²) in [5.74, 6) is 0.853. The van der Waals surface area contributed by atoms with Crippen molar-refractivity contribution >= 4 is 15.9 Å². The van der Waals surface area contributed by atoms with Gasteiger partial charge in [0.1, 0.15) is 5.75 Å². The molecule has 0 bridgehead atoms. The van der Waals surface area contributed by atoms with Gasteiger partial charge in [-0.2, -0.15) is 0 Å². The first-order valence-corrected chi connectivity index (χ1v) is 7.75. The summed E-state index contributed by atoms with van der Waals surface area (Å²) in [4.78, 5) is 0. The molecule has 0 saturated carbocycles. The molecule has 0 amide bonds. The van der Waals surface area contributed by atoms with Gasteiger partial charge in [0.15, 0.2) is 0 Å². The highest BCUT2D eigenvalue weighted by atomic mass is 79.9. The normalized spacial score (nSPS) is 10.7. The summed E-state index contributed by atoms with van der Waals surface area (Å²) in [6.45, 7) is 2.66. The maximum absolute atomic E-state index is 5.19. The summed E-state index contributed by atoms with van der Waals surface area (Å²) in [6, 6.07) is 16.2. The lowest BCUT2D eigenvalue weighted by Crippen LogP contribution is -2.04. The van der Waals surface area contributed by atoms with Crippen LogP contribution in [0.4, 0.5) is 0 Å². The van der Waals surface area contributed by atoms with Crippen LogP contribution in [0.25, 0.3) is 11.3 Å². The van der Waals surface area contributed by atoms with Crippen LogP contribution in [0.1, 0.15) is 11.3 Å². The number of methoxy groups -OCH3 is 1. The minimum Gasteiger partial charge on any atom is -0.497 e. The fourth-order valence-electron chi connectivity index (χ4n) is 2.38. The van der Waals surface area contributed by atoms with Gasteiger partial charge in [-0.15, -0.1) is 5.10 Å². The monoisotopic (exact) mass is 357 g/mol. The zero-order valence-corrected chi connectivity index (χ0v) is 14.0. The third-order valence-electron chi connectivity index (χ3n) is 3.51. The van der Waals surface area contributed by atoms with E-state index in [1.54, 1.807) is 7.11 Å². The van der Waals surface area contributed by atoms with Crippen LogP contribution in [0, 0.1) is 6.92 Å². The van der Waals surface area contributed by atoms with Crippen molar-refractivity contribution in [2.45, 2.75) is 13.5 Å². The molecule has 0 radical (unpaired) electrons. The smallest absolute Gasteiger partial charge is 0.118 e. The lowest BCUT2D eigenvalue weighted by Gasteiger charge is -2.08. The SMILES string of the molecule is COc1ccc(Cn2nnc(C)c2-c2ccc(Br)cc2)cc1. The van der Waals surface area contributed by atoms with E-state index in [4.69, 9.17) is 4.74 Å². The van der Waals surface area contributed by atoms with E-state index in [0.29, 0.717) is 6.54 Å². The Balaban J connectivity index is 1.92. The van der Waals surface area contributed by atoms with Gasteiger partial charge in [0, 0.05) is 10.0 Å². The second-order valence-corrected chi connectivity index (χ2v) is 5.95. The second kappa shape index (κ2) is 6.32. The summed E-state index contributed by atoms with van der Waals surface area (Å²) in [5, 5.41) is 8.50. The van der Waals surface area contributed by atoms with Crippen LogP contribution in [0.2, 0.25) is 0 Å².